The second-order valence-electron chi connectivity index (χ2n) is 4.15. The summed E-state index contributed by atoms with van der Waals surface area (Å²) in [7, 11) is 0. The zero-order chi connectivity index (χ0) is 10.9. The fourth-order valence-electron chi connectivity index (χ4n) is 1.28. The summed E-state index contributed by atoms with van der Waals surface area (Å²) in [4.78, 5) is 11.5. The lowest BCUT2D eigenvalue weighted by molar-refractivity contribution is 0.248. The van der Waals surface area contributed by atoms with Crippen LogP contribution in [0, 0.1) is 0 Å². The summed E-state index contributed by atoms with van der Waals surface area (Å²) >= 11 is 3.34. The van der Waals surface area contributed by atoms with Gasteiger partial charge in [-0.05, 0) is 44.0 Å². The van der Waals surface area contributed by atoms with Gasteiger partial charge in [0.25, 0.3) is 0 Å². The summed E-state index contributed by atoms with van der Waals surface area (Å²) in [6.45, 7) is 2.05. The predicted octanol–water partition coefficient (Wildman–Crippen LogP) is 3.12. The van der Waals surface area contributed by atoms with E-state index >= 15 is 0 Å². The Hall–Kier alpha value is -1.03. The maximum absolute atomic E-state index is 11.5. The lowest BCUT2D eigenvalue weighted by Gasteiger charge is -2.12. The van der Waals surface area contributed by atoms with E-state index in [1.807, 2.05) is 31.2 Å². The number of anilines is 1. The number of hydrogen-bond acceptors (Lipinski definition) is 1. The molecule has 2 N–H and O–H groups in total. The Kier molecular flexibility index (Phi) is 2.69. The van der Waals surface area contributed by atoms with Crippen molar-refractivity contribution in [2.75, 3.05) is 5.32 Å². The molecule has 0 unspecified atom stereocenters. The van der Waals surface area contributed by atoms with Gasteiger partial charge in [-0.15, -0.1) is 0 Å². The molecule has 1 aliphatic rings. The van der Waals surface area contributed by atoms with Crippen LogP contribution in [0.4, 0.5) is 10.5 Å². The molecule has 1 aliphatic carbocycles. The fourth-order valence-corrected chi connectivity index (χ4v) is 1.55. The van der Waals surface area contributed by atoms with Crippen molar-refractivity contribution in [3.63, 3.8) is 0 Å². The standard InChI is InChI=1S/C11H13BrN2O/c1-11(6-7-11)14-10(15)13-9-4-2-8(12)3-5-9/h2-5H,6-7H2,1H3,(H2,13,14,15). The van der Waals surface area contributed by atoms with E-state index in [0.29, 0.717) is 0 Å². The average Bonchev–Trinajstić information content (AvgIpc) is 2.87. The summed E-state index contributed by atoms with van der Waals surface area (Å²) in [6, 6.07) is 7.39. The van der Waals surface area contributed by atoms with Crippen LogP contribution in [0.3, 0.4) is 0 Å². The summed E-state index contributed by atoms with van der Waals surface area (Å²) in [6.07, 6.45) is 2.14. The second kappa shape index (κ2) is 3.85. The topological polar surface area (TPSA) is 41.1 Å². The molecule has 1 aromatic carbocycles. The Bertz CT molecular complexity index is 371. The van der Waals surface area contributed by atoms with Crippen LogP contribution in [0.25, 0.3) is 0 Å². The first kappa shape index (κ1) is 10.5. The highest BCUT2D eigenvalue weighted by molar-refractivity contribution is 9.10. The van der Waals surface area contributed by atoms with Crippen LogP contribution in [0.2, 0.25) is 0 Å². The van der Waals surface area contributed by atoms with Gasteiger partial charge in [0.1, 0.15) is 0 Å². The minimum Gasteiger partial charge on any atom is -0.333 e. The number of carbonyl (C=O) groups excluding carboxylic acids is 1. The molecule has 2 rings (SSSR count). The van der Waals surface area contributed by atoms with Crippen LogP contribution >= 0.6 is 15.9 Å². The van der Waals surface area contributed by atoms with Crippen LogP contribution in [0.15, 0.2) is 28.7 Å². The van der Waals surface area contributed by atoms with Gasteiger partial charge < -0.3 is 10.6 Å². The van der Waals surface area contributed by atoms with Crippen molar-refractivity contribution < 1.29 is 4.79 Å². The van der Waals surface area contributed by atoms with Crippen molar-refractivity contribution in [3.05, 3.63) is 28.7 Å². The Balaban J connectivity index is 1.91. The van der Waals surface area contributed by atoms with Crippen LogP contribution in [0.5, 0.6) is 0 Å². The number of amides is 2. The van der Waals surface area contributed by atoms with Gasteiger partial charge in [0.2, 0.25) is 0 Å². The highest BCUT2D eigenvalue weighted by atomic mass is 79.9. The molecule has 0 heterocycles. The summed E-state index contributed by atoms with van der Waals surface area (Å²) in [5.41, 5.74) is 0.833. The number of halogens is 1. The molecule has 0 spiro atoms. The summed E-state index contributed by atoms with van der Waals surface area (Å²) in [5, 5.41) is 5.73. The zero-order valence-corrected chi connectivity index (χ0v) is 10.1. The normalized spacial score (nSPS) is 16.9. The van der Waals surface area contributed by atoms with Gasteiger partial charge in [0, 0.05) is 15.7 Å². The number of urea groups is 1. The van der Waals surface area contributed by atoms with Crippen LogP contribution in [0.1, 0.15) is 19.8 Å². The van der Waals surface area contributed by atoms with Crippen LogP contribution in [-0.2, 0) is 0 Å². The first-order chi connectivity index (χ1) is 7.07. The molecule has 1 fully saturated rings. The predicted molar refractivity (Wildman–Crippen MR) is 63.9 cm³/mol. The van der Waals surface area contributed by atoms with Crippen molar-refractivity contribution in [1.29, 1.82) is 0 Å². The number of benzene rings is 1. The van der Waals surface area contributed by atoms with Gasteiger partial charge in [-0.2, -0.15) is 0 Å². The van der Waals surface area contributed by atoms with E-state index < -0.39 is 0 Å². The maximum atomic E-state index is 11.5. The van der Waals surface area contributed by atoms with Crippen molar-refractivity contribution >= 4 is 27.6 Å². The summed E-state index contributed by atoms with van der Waals surface area (Å²) in [5.74, 6) is 0. The molecule has 1 aromatic rings. The highest BCUT2D eigenvalue weighted by Crippen LogP contribution is 2.34. The van der Waals surface area contributed by atoms with Crippen molar-refractivity contribution in [1.82, 2.24) is 5.32 Å². The van der Waals surface area contributed by atoms with Crippen molar-refractivity contribution in [3.8, 4) is 0 Å². The Morgan fingerprint density at radius 3 is 2.47 bits per heavy atom. The van der Waals surface area contributed by atoms with E-state index in [4.69, 9.17) is 0 Å². The first-order valence-corrected chi connectivity index (χ1v) is 5.71. The fraction of sp³-hybridized carbons (Fsp3) is 0.364. The van der Waals surface area contributed by atoms with Gasteiger partial charge >= 0.3 is 6.03 Å². The largest absolute Gasteiger partial charge is 0.333 e. The molecule has 1 saturated carbocycles. The van der Waals surface area contributed by atoms with Crippen LogP contribution < -0.4 is 10.6 Å². The number of nitrogens with one attached hydrogen (secondary N) is 2. The molecule has 2 amide bonds. The SMILES string of the molecule is CC1(NC(=O)Nc2ccc(Br)cc2)CC1. The van der Waals surface area contributed by atoms with E-state index in [1.165, 1.54) is 0 Å². The third-order valence-corrected chi connectivity index (χ3v) is 3.05. The third-order valence-electron chi connectivity index (χ3n) is 2.52. The molecule has 0 radical (unpaired) electrons. The van der Waals surface area contributed by atoms with Crippen molar-refractivity contribution in [2.24, 2.45) is 0 Å². The van der Waals surface area contributed by atoms with E-state index in [9.17, 15) is 4.79 Å². The summed E-state index contributed by atoms with van der Waals surface area (Å²) < 4.78 is 1.00. The molecule has 15 heavy (non-hydrogen) atoms. The second-order valence-corrected chi connectivity index (χ2v) is 5.06. The van der Waals surface area contributed by atoms with Crippen LogP contribution in [-0.4, -0.2) is 11.6 Å². The molecular weight excluding hydrogens is 256 g/mol. The quantitative estimate of drug-likeness (QED) is 0.850. The van der Waals surface area contributed by atoms with Gasteiger partial charge in [-0.3, -0.25) is 0 Å². The lowest BCUT2D eigenvalue weighted by Crippen LogP contribution is -2.37. The zero-order valence-electron chi connectivity index (χ0n) is 8.51. The van der Waals surface area contributed by atoms with Gasteiger partial charge in [0.05, 0.1) is 0 Å². The smallest absolute Gasteiger partial charge is 0.319 e. The monoisotopic (exact) mass is 268 g/mol. The van der Waals surface area contributed by atoms with Gasteiger partial charge in [0.15, 0.2) is 0 Å². The van der Waals surface area contributed by atoms with E-state index in [2.05, 4.69) is 26.6 Å². The molecule has 0 aliphatic heterocycles. The Morgan fingerprint density at radius 1 is 1.33 bits per heavy atom. The molecular formula is C11H13BrN2O. The number of hydrogen-bond donors (Lipinski definition) is 2. The molecule has 0 aromatic heterocycles. The highest BCUT2D eigenvalue weighted by Gasteiger charge is 2.38. The average molecular weight is 269 g/mol. The van der Waals surface area contributed by atoms with Gasteiger partial charge in [-0.25, -0.2) is 4.79 Å². The minimum atomic E-state index is -0.127. The molecule has 0 bridgehead atoms. The molecule has 3 nitrogen and oxygen atoms in total. The van der Waals surface area contributed by atoms with E-state index in [0.717, 1.165) is 23.0 Å². The lowest BCUT2D eigenvalue weighted by atomic mass is 10.3. The third kappa shape index (κ3) is 2.96. The van der Waals surface area contributed by atoms with Gasteiger partial charge in [-0.1, -0.05) is 15.9 Å². The minimum absolute atomic E-state index is 0.0272. The molecule has 80 valence electrons. The first-order valence-electron chi connectivity index (χ1n) is 4.92. The molecule has 0 atom stereocenters. The maximum Gasteiger partial charge on any atom is 0.319 e. The number of carbonyl (C=O) groups is 1. The molecule has 0 saturated heterocycles. The molecule has 4 heteroatoms. The van der Waals surface area contributed by atoms with E-state index in [-0.39, 0.29) is 11.6 Å². The Morgan fingerprint density at radius 2 is 1.93 bits per heavy atom. The van der Waals surface area contributed by atoms with E-state index in [1.54, 1.807) is 0 Å². The Labute approximate surface area is 97.4 Å². The number of rotatable bonds is 2. The van der Waals surface area contributed by atoms with Crippen molar-refractivity contribution in [2.45, 2.75) is 25.3 Å².